The van der Waals surface area contributed by atoms with E-state index in [1.54, 1.807) is 67.0 Å². The van der Waals surface area contributed by atoms with E-state index >= 15 is 0 Å². The number of nitrogens with one attached hydrogen (secondary N) is 1. The maximum absolute atomic E-state index is 13.3. The SMILES string of the molecule is Cc1ccc(S(=O)(=O)c2nc(-c3ccccc3Cl)oc2NCc2cccnc2)cc1. The van der Waals surface area contributed by atoms with Crippen LogP contribution in [0.1, 0.15) is 11.1 Å². The van der Waals surface area contributed by atoms with Gasteiger partial charge in [-0.1, -0.05) is 47.5 Å². The van der Waals surface area contributed by atoms with Crippen molar-refractivity contribution >= 4 is 27.3 Å². The van der Waals surface area contributed by atoms with E-state index in [4.69, 9.17) is 16.0 Å². The molecule has 0 aliphatic rings. The number of sulfone groups is 1. The molecule has 8 heteroatoms. The number of pyridine rings is 1. The minimum absolute atomic E-state index is 0.0503. The van der Waals surface area contributed by atoms with Crippen molar-refractivity contribution in [3.05, 3.63) is 89.2 Å². The lowest BCUT2D eigenvalue weighted by Gasteiger charge is -2.06. The number of benzene rings is 2. The van der Waals surface area contributed by atoms with E-state index in [1.807, 2.05) is 13.0 Å². The van der Waals surface area contributed by atoms with Gasteiger partial charge in [-0.2, -0.15) is 4.98 Å². The van der Waals surface area contributed by atoms with Gasteiger partial charge in [0, 0.05) is 18.9 Å². The Hall–Kier alpha value is -3.16. The molecule has 0 aliphatic carbocycles. The Morgan fingerprint density at radius 1 is 1.03 bits per heavy atom. The molecule has 2 aromatic heterocycles. The Bertz CT molecular complexity index is 1270. The third-order valence-corrected chi connectivity index (χ3v) is 6.47. The fourth-order valence-electron chi connectivity index (χ4n) is 2.86. The van der Waals surface area contributed by atoms with Crippen LogP contribution in [-0.4, -0.2) is 18.4 Å². The molecule has 4 rings (SSSR count). The van der Waals surface area contributed by atoms with Gasteiger partial charge in [0.25, 0.3) is 0 Å². The van der Waals surface area contributed by atoms with Crippen molar-refractivity contribution in [3.63, 3.8) is 0 Å². The number of anilines is 1. The molecule has 0 atom stereocenters. The van der Waals surface area contributed by atoms with E-state index in [-0.39, 0.29) is 21.7 Å². The molecule has 0 saturated carbocycles. The first kappa shape index (κ1) is 20.1. The van der Waals surface area contributed by atoms with Gasteiger partial charge in [0.1, 0.15) is 0 Å². The number of nitrogens with zero attached hydrogens (tertiary/aromatic N) is 2. The molecule has 4 aromatic rings. The molecule has 6 nitrogen and oxygen atoms in total. The van der Waals surface area contributed by atoms with Gasteiger partial charge in [-0.15, -0.1) is 0 Å². The molecule has 0 spiro atoms. The number of aromatic nitrogens is 2. The van der Waals surface area contributed by atoms with Crippen molar-refractivity contribution < 1.29 is 12.8 Å². The first-order valence-corrected chi connectivity index (χ1v) is 11.0. The largest absolute Gasteiger partial charge is 0.419 e. The first-order chi connectivity index (χ1) is 14.4. The van der Waals surface area contributed by atoms with Gasteiger partial charge in [-0.25, -0.2) is 8.42 Å². The highest BCUT2D eigenvalue weighted by Gasteiger charge is 2.29. The standard InChI is InChI=1S/C22H18ClN3O3S/c1-15-8-10-17(11-9-15)30(27,28)22-21(25-14-16-5-4-12-24-13-16)29-20(26-22)18-6-2-3-7-19(18)23/h2-13,25H,14H2,1H3. The van der Waals surface area contributed by atoms with Crippen LogP contribution < -0.4 is 5.32 Å². The molecular formula is C22H18ClN3O3S. The highest BCUT2D eigenvalue weighted by atomic mass is 35.5. The lowest BCUT2D eigenvalue weighted by molar-refractivity contribution is 0.576. The highest BCUT2D eigenvalue weighted by Crippen LogP contribution is 2.35. The summed E-state index contributed by atoms with van der Waals surface area (Å²) in [6, 6.07) is 17.2. The lowest BCUT2D eigenvalue weighted by Crippen LogP contribution is -2.07. The average Bonchev–Trinajstić information content (AvgIpc) is 3.18. The molecule has 1 N–H and O–H groups in total. The quantitative estimate of drug-likeness (QED) is 0.447. The number of halogens is 1. The molecule has 2 heterocycles. The van der Waals surface area contributed by atoms with Crippen LogP contribution in [0.3, 0.4) is 0 Å². The van der Waals surface area contributed by atoms with Crippen LogP contribution in [0.2, 0.25) is 5.02 Å². The molecule has 152 valence electrons. The minimum Gasteiger partial charge on any atom is -0.419 e. The predicted molar refractivity (Wildman–Crippen MR) is 115 cm³/mol. The Morgan fingerprint density at radius 3 is 2.50 bits per heavy atom. The van der Waals surface area contributed by atoms with Gasteiger partial charge < -0.3 is 9.73 Å². The summed E-state index contributed by atoms with van der Waals surface area (Å²) in [5, 5.41) is 3.26. The van der Waals surface area contributed by atoms with Crippen LogP contribution in [0.4, 0.5) is 5.88 Å². The summed E-state index contributed by atoms with van der Waals surface area (Å²) in [5.74, 6) is 0.175. The van der Waals surface area contributed by atoms with E-state index in [0.29, 0.717) is 17.1 Å². The molecule has 0 amide bonds. The van der Waals surface area contributed by atoms with Crippen LogP contribution >= 0.6 is 11.6 Å². The van der Waals surface area contributed by atoms with Crippen LogP contribution in [0.15, 0.2) is 87.4 Å². The summed E-state index contributed by atoms with van der Waals surface area (Å²) < 4.78 is 32.4. The summed E-state index contributed by atoms with van der Waals surface area (Å²) in [5.41, 5.74) is 2.33. The minimum atomic E-state index is -3.92. The monoisotopic (exact) mass is 439 g/mol. The lowest BCUT2D eigenvalue weighted by atomic mass is 10.2. The molecule has 30 heavy (non-hydrogen) atoms. The van der Waals surface area contributed by atoms with Crippen molar-refractivity contribution in [2.45, 2.75) is 23.4 Å². The number of hydrogen-bond donors (Lipinski definition) is 1. The predicted octanol–water partition coefficient (Wildman–Crippen LogP) is 5.14. The maximum atomic E-state index is 13.3. The maximum Gasteiger partial charge on any atom is 0.234 e. The third kappa shape index (κ3) is 4.08. The summed E-state index contributed by atoms with van der Waals surface area (Å²) in [7, 11) is -3.92. The van der Waals surface area contributed by atoms with E-state index in [9.17, 15) is 8.42 Å². The number of aryl methyl sites for hydroxylation is 1. The van der Waals surface area contributed by atoms with Gasteiger partial charge in [0.2, 0.25) is 26.6 Å². The average molecular weight is 440 g/mol. The van der Waals surface area contributed by atoms with Crippen molar-refractivity contribution in [3.8, 4) is 11.5 Å². The highest BCUT2D eigenvalue weighted by molar-refractivity contribution is 7.91. The number of hydrogen-bond acceptors (Lipinski definition) is 6. The Kier molecular flexibility index (Phi) is 5.57. The summed E-state index contributed by atoms with van der Waals surface area (Å²) >= 11 is 6.26. The fraction of sp³-hybridized carbons (Fsp3) is 0.0909. The molecule has 0 fully saturated rings. The zero-order valence-electron chi connectivity index (χ0n) is 16.0. The van der Waals surface area contributed by atoms with Crippen molar-refractivity contribution in [1.82, 2.24) is 9.97 Å². The normalized spacial score (nSPS) is 11.4. The van der Waals surface area contributed by atoms with Crippen molar-refractivity contribution in [2.75, 3.05) is 5.32 Å². The second-order valence-electron chi connectivity index (χ2n) is 6.66. The molecular weight excluding hydrogens is 422 g/mol. The Morgan fingerprint density at radius 2 is 1.80 bits per heavy atom. The Labute approximate surface area is 179 Å². The van der Waals surface area contributed by atoms with Gasteiger partial charge >= 0.3 is 0 Å². The van der Waals surface area contributed by atoms with Crippen molar-refractivity contribution in [2.24, 2.45) is 0 Å². The Balaban J connectivity index is 1.79. The number of rotatable bonds is 6. The second kappa shape index (κ2) is 8.30. The smallest absolute Gasteiger partial charge is 0.234 e. The summed E-state index contributed by atoms with van der Waals surface area (Å²) in [4.78, 5) is 8.51. The van der Waals surface area contributed by atoms with Crippen LogP contribution in [0.5, 0.6) is 0 Å². The summed E-state index contributed by atoms with van der Waals surface area (Å²) in [6.45, 7) is 2.21. The molecule has 0 saturated heterocycles. The van der Waals surface area contributed by atoms with Gasteiger partial charge in [-0.05, 0) is 42.8 Å². The van der Waals surface area contributed by atoms with E-state index < -0.39 is 9.84 Å². The molecule has 2 aromatic carbocycles. The van der Waals surface area contributed by atoms with Crippen LogP contribution in [0, 0.1) is 6.92 Å². The topological polar surface area (TPSA) is 85.1 Å². The van der Waals surface area contributed by atoms with E-state index in [0.717, 1.165) is 11.1 Å². The van der Waals surface area contributed by atoms with Crippen molar-refractivity contribution in [1.29, 1.82) is 0 Å². The molecule has 0 radical (unpaired) electrons. The zero-order valence-corrected chi connectivity index (χ0v) is 17.6. The zero-order chi connectivity index (χ0) is 21.1. The van der Waals surface area contributed by atoms with E-state index in [1.165, 1.54) is 0 Å². The third-order valence-electron chi connectivity index (χ3n) is 4.46. The van der Waals surface area contributed by atoms with Crippen LogP contribution in [0.25, 0.3) is 11.5 Å². The second-order valence-corrected chi connectivity index (χ2v) is 8.94. The first-order valence-electron chi connectivity index (χ1n) is 9.15. The van der Waals surface area contributed by atoms with Gasteiger partial charge in [0.05, 0.1) is 15.5 Å². The van der Waals surface area contributed by atoms with Gasteiger partial charge in [0.15, 0.2) is 0 Å². The van der Waals surface area contributed by atoms with Gasteiger partial charge in [-0.3, -0.25) is 4.98 Å². The van der Waals surface area contributed by atoms with E-state index in [2.05, 4.69) is 15.3 Å². The molecule has 0 unspecified atom stereocenters. The van der Waals surface area contributed by atoms with Crippen LogP contribution in [-0.2, 0) is 16.4 Å². The molecule has 0 bridgehead atoms. The number of oxazole rings is 1. The fourth-order valence-corrected chi connectivity index (χ4v) is 4.36. The summed E-state index contributed by atoms with van der Waals surface area (Å²) in [6.07, 6.45) is 3.35. The molecule has 0 aliphatic heterocycles.